The lowest BCUT2D eigenvalue weighted by molar-refractivity contribution is 0.181. The van der Waals surface area contributed by atoms with Crippen molar-refractivity contribution in [3.05, 3.63) is 29.3 Å². The lowest BCUT2D eigenvalue weighted by Crippen LogP contribution is -1.95. The second kappa shape index (κ2) is 4.87. The first-order valence-corrected chi connectivity index (χ1v) is 4.46. The molecule has 0 aliphatic heterocycles. The standard InChI is InChI=1S/C11H16O2/c1-4-9-5-6-10(8-12-2)11(7-9)13-3/h5-7H,4,8H2,1-3H3. The zero-order valence-corrected chi connectivity index (χ0v) is 8.46. The van der Waals surface area contributed by atoms with Crippen LogP contribution in [0.15, 0.2) is 18.2 Å². The molecule has 0 radical (unpaired) electrons. The second-order valence-corrected chi connectivity index (χ2v) is 2.93. The van der Waals surface area contributed by atoms with E-state index in [1.807, 2.05) is 0 Å². The predicted octanol–water partition coefficient (Wildman–Crippen LogP) is 2.40. The summed E-state index contributed by atoms with van der Waals surface area (Å²) in [5, 5.41) is 0. The maximum absolute atomic E-state index is 5.26. The Morgan fingerprint density at radius 1 is 1.23 bits per heavy atom. The molecule has 1 aromatic carbocycles. The van der Waals surface area contributed by atoms with Gasteiger partial charge in [-0.05, 0) is 18.1 Å². The van der Waals surface area contributed by atoms with E-state index in [2.05, 4.69) is 25.1 Å². The van der Waals surface area contributed by atoms with E-state index in [1.165, 1.54) is 5.56 Å². The molecular formula is C11H16O2. The Hall–Kier alpha value is -1.02. The minimum Gasteiger partial charge on any atom is -0.496 e. The number of ether oxygens (including phenoxy) is 2. The van der Waals surface area contributed by atoms with Crippen LogP contribution in [0.2, 0.25) is 0 Å². The van der Waals surface area contributed by atoms with Gasteiger partial charge < -0.3 is 9.47 Å². The van der Waals surface area contributed by atoms with Crippen LogP contribution in [0.4, 0.5) is 0 Å². The average molecular weight is 180 g/mol. The van der Waals surface area contributed by atoms with Gasteiger partial charge in [-0.3, -0.25) is 0 Å². The third kappa shape index (κ3) is 2.46. The summed E-state index contributed by atoms with van der Waals surface area (Å²) in [6.07, 6.45) is 1.03. The topological polar surface area (TPSA) is 18.5 Å². The van der Waals surface area contributed by atoms with Gasteiger partial charge in [0.15, 0.2) is 0 Å². The summed E-state index contributed by atoms with van der Waals surface area (Å²) in [7, 11) is 3.38. The Balaban J connectivity index is 2.93. The SMILES string of the molecule is CCc1ccc(COC)c(OC)c1. The Morgan fingerprint density at radius 3 is 2.54 bits per heavy atom. The molecule has 0 heterocycles. The molecule has 1 rings (SSSR count). The van der Waals surface area contributed by atoms with Crippen molar-refractivity contribution in [1.82, 2.24) is 0 Å². The van der Waals surface area contributed by atoms with E-state index in [1.54, 1.807) is 14.2 Å². The maximum Gasteiger partial charge on any atom is 0.124 e. The van der Waals surface area contributed by atoms with Crippen molar-refractivity contribution < 1.29 is 9.47 Å². The molecule has 0 bridgehead atoms. The van der Waals surface area contributed by atoms with Crippen molar-refractivity contribution in [3.63, 3.8) is 0 Å². The third-order valence-electron chi connectivity index (χ3n) is 2.06. The Morgan fingerprint density at radius 2 is 2.00 bits per heavy atom. The fourth-order valence-electron chi connectivity index (χ4n) is 1.28. The molecule has 2 nitrogen and oxygen atoms in total. The normalized spacial score (nSPS) is 10.1. The van der Waals surface area contributed by atoms with Gasteiger partial charge in [-0.25, -0.2) is 0 Å². The number of hydrogen-bond acceptors (Lipinski definition) is 2. The molecule has 0 fully saturated rings. The lowest BCUT2D eigenvalue weighted by atomic mass is 10.1. The molecular weight excluding hydrogens is 164 g/mol. The van der Waals surface area contributed by atoms with E-state index in [0.29, 0.717) is 6.61 Å². The molecule has 1 aromatic rings. The molecule has 0 atom stereocenters. The van der Waals surface area contributed by atoms with Crippen molar-refractivity contribution in [2.75, 3.05) is 14.2 Å². The van der Waals surface area contributed by atoms with Crippen molar-refractivity contribution >= 4 is 0 Å². The molecule has 0 N–H and O–H groups in total. The zero-order chi connectivity index (χ0) is 9.68. The van der Waals surface area contributed by atoms with E-state index < -0.39 is 0 Å². The van der Waals surface area contributed by atoms with Crippen LogP contribution < -0.4 is 4.74 Å². The highest BCUT2D eigenvalue weighted by molar-refractivity contribution is 5.37. The van der Waals surface area contributed by atoms with Gasteiger partial charge in [0, 0.05) is 12.7 Å². The maximum atomic E-state index is 5.26. The summed E-state index contributed by atoms with van der Waals surface area (Å²) < 4.78 is 10.3. The Kier molecular flexibility index (Phi) is 3.77. The van der Waals surface area contributed by atoms with Gasteiger partial charge in [0.2, 0.25) is 0 Å². The van der Waals surface area contributed by atoms with Gasteiger partial charge >= 0.3 is 0 Å². The molecule has 13 heavy (non-hydrogen) atoms. The largest absolute Gasteiger partial charge is 0.496 e. The first kappa shape index (κ1) is 10.1. The quantitative estimate of drug-likeness (QED) is 0.708. The summed E-state index contributed by atoms with van der Waals surface area (Å²) in [6.45, 7) is 2.73. The van der Waals surface area contributed by atoms with Gasteiger partial charge in [0.1, 0.15) is 5.75 Å². The van der Waals surface area contributed by atoms with Gasteiger partial charge in [-0.2, -0.15) is 0 Å². The van der Waals surface area contributed by atoms with Gasteiger partial charge in [0.05, 0.1) is 13.7 Å². The average Bonchev–Trinajstić information content (AvgIpc) is 2.19. The Bertz CT molecular complexity index is 269. The molecule has 0 spiro atoms. The summed E-state index contributed by atoms with van der Waals surface area (Å²) in [6, 6.07) is 6.23. The van der Waals surface area contributed by atoms with Crippen molar-refractivity contribution in [3.8, 4) is 5.75 Å². The monoisotopic (exact) mass is 180 g/mol. The number of rotatable bonds is 4. The molecule has 0 amide bonds. The zero-order valence-electron chi connectivity index (χ0n) is 8.46. The van der Waals surface area contributed by atoms with Gasteiger partial charge in [0.25, 0.3) is 0 Å². The fraction of sp³-hybridized carbons (Fsp3) is 0.455. The van der Waals surface area contributed by atoms with Crippen molar-refractivity contribution in [2.45, 2.75) is 20.0 Å². The van der Waals surface area contributed by atoms with Crippen LogP contribution in [-0.4, -0.2) is 14.2 Å². The van der Waals surface area contributed by atoms with Crippen LogP contribution in [0, 0.1) is 0 Å². The third-order valence-corrected chi connectivity index (χ3v) is 2.06. The molecule has 0 saturated heterocycles. The van der Waals surface area contributed by atoms with Crippen LogP contribution in [0.25, 0.3) is 0 Å². The highest BCUT2D eigenvalue weighted by Crippen LogP contribution is 2.20. The van der Waals surface area contributed by atoms with Crippen LogP contribution in [0.1, 0.15) is 18.1 Å². The molecule has 0 saturated carbocycles. The number of methoxy groups -OCH3 is 2. The van der Waals surface area contributed by atoms with E-state index >= 15 is 0 Å². The van der Waals surface area contributed by atoms with Gasteiger partial charge in [-0.1, -0.05) is 19.1 Å². The first-order valence-electron chi connectivity index (χ1n) is 4.46. The smallest absolute Gasteiger partial charge is 0.124 e. The minimum atomic E-state index is 0.604. The summed E-state index contributed by atoms with van der Waals surface area (Å²) in [5.41, 5.74) is 2.39. The van der Waals surface area contributed by atoms with Crippen molar-refractivity contribution in [1.29, 1.82) is 0 Å². The highest BCUT2D eigenvalue weighted by Gasteiger charge is 2.02. The van der Waals surface area contributed by atoms with E-state index in [9.17, 15) is 0 Å². The molecule has 0 aromatic heterocycles. The summed E-state index contributed by atoms with van der Waals surface area (Å²) in [4.78, 5) is 0. The summed E-state index contributed by atoms with van der Waals surface area (Å²) in [5.74, 6) is 0.918. The second-order valence-electron chi connectivity index (χ2n) is 2.93. The molecule has 2 heteroatoms. The van der Waals surface area contributed by atoms with Crippen LogP contribution in [0.5, 0.6) is 5.75 Å². The van der Waals surface area contributed by atoms with Crippen LogP contribution >= 0.6 is 0 Å². The number of benzene rings is 1. The first-order chi connectivity index (χ1) is 6.31. The summed E-state index contributed by atoms with van der Waals surface area (Å²) >= 11 is 0. The van der Waals surface area contributed by atoms with Crippen LogP contribution in [0.3, 0.4) is 0 Å². The van der Waals surface area contributed by atoms with Gasteiger partial charge in [-0.15, -0.1) is 0 Å². The van der Waals surface area contributed by atoms with E-state index in [0.717, 1.165) is 17.7 Å². The van der Waals surface area contributed by atoms with Crippen LogP contribution in [-0.2, 0) is 17.8 Å². The number of aryl methyl sites for hydroxylation is 1. The van der Waals surface area contributed by atoms with E-state index in [-0.39, 0.29) is 0 Å². The minimum absolute atomic E-state index is 0.604. The highest BCUT2D eigenvalue weighted by atomic mass is 16.5. The van der Waals surface area contributed by atoms with E-state index in [4.69, 9.17) is 9.47 Å². The lowest BCUT2D eigenvalue weighted by Gasteiger charge is -2.08. The number of hydrogen-bond donors (Lipinski definition) is 0. The molecule has 0 unspecified atom stereocenters. The molecule has 0 aliphatic carbocycles. The molecule has 72 valence electrons. The van der Waals surface area contributed by atoms with Crippen molar-refractivity contribution in [2.24, 2.45) is 0 Å². The fourth-order valence-corrected chi connectivity index (χ4v) is 1.28. The molecule has 0 aliphatic rings. The predicted molar refractivity (Wildman–Crippen MR) is 53.1 cm³/mol. The Labute approximate surface area is 79.5 Å².